The van der Waals surface area contributed by atoms with Crippen molar-refractivity contribution in [3.8, 4) is 23.0 Å². The first-order valence-corrected chi connectivity index (χ1v) is 21.3. The summed E-state index contributed by atoms with van der Waals surface area (Å²) in [6.45, 7) is 12.3. The van der Waals surface area contributed by atoms with Gasteiger partial charge in [0.2, 0.25) is 5.13 Å². The smallest absolute Gasteiger partial charge is 0.330 e. The van der Waals surface area contributed by atoms with Crippen LogP contribution in [0.25, 0.3) is 10.2 Å². The Kier molecular flexibility index (Phi) is 19.0. The van der Waals surface area contributed by atoms with Crippen LogP contribution < -0.4 is 24.0 Å². The van der Waals surface area contributed by atoms with Crippen LogP contribution in [0.5, 0.6) is 23.0 Å². The molecule has 0 aliphatic carbocycles. The van der Waals surface area contributed by atoms with Gasteiger partial charge in [-0.25, -0.2) is 19.6 Å². The zero-order chi connectivity index (χ0) is 42.2. The van der Waals surface area contributed by atoms with Crippen LogP contribution in [0.3, 0.4) is 0 Å². The van der Waals surface area contributed by atoms with Gasteiger partial charge in [-0.15, -0.1) is 0 Å². The van der Waals surface area contributed by atoms with Crippen molar-refractivity contribution >= 4 is 44.8 Å². The Hall–Kier alpha value is -6.14. The fourth-order valence-electron chi connectivity index (χ4n) is 5.87. The Balaban J connectivity index is 1.14. The second-order valence-electron chi connectivity index (χ2n) is 13.8. The van der Waals surface area contributed by atoms with Crippen LogP contribution in [-0.4, -0.2) is 56.1 Å². The average molecular weight is 834 g/mol. The molecule has 0 N–H and O–H groups in total. The van der Waals surface area contributed by atoms with Crippen molar-refractivity contribution in [3.05, 3.63) is 133 Å². The topological polar surface area (TPSA) is 118 Å². The van der Waals surface area contributed by atoms with Gasteiger partial charge < -0.3 is 28.4 Å². The second-order valence-corrected chi connectivity index (χ2v) is 14.8. The summed E-state index contributed by atoms with van der Waals surface area (Å²) in [5.74, 6) is 2.21. The fourth-order valence-corrected chi connectivity index (χ4v) is 6.85. The summed E-state index contributed by atoms with van der Waals surface area (Å²) in [4.78, 5) is 27.1. The van der Waals surface area contributed by atoms with Crippen LogP contribution in [0.1, 0.15) is 75.0 Å². The highest BCUT2D eigenvalue weighted by Gasteiger charge is 2.12. The number of hydrogen-bond acceptors (Lipinski definition) is 12. The number of thiazole rings is 1. The number of hydrogen-bond donors (Lipinski definition) is 0. The summed E-state index contributed by atoms with van der Waals surface area (Å²) in [7, 11) is 0. The molecule has 0 saturated carbocycles. The molecule has 4 aromatic carbocycles. The number of rotatable bonds is 28. The highest BCUT2D eigenvalue weighted by molar-refractivity contribution is 7.22. The molecule has 0 saturated heterocycles. The predicted molar refractivity (Wildman–Crippen MR) is 238 cm³/mol. The molecule has 0 atom stereocenters. The summed E-state index contributed by atoms with van der Waals surface area (Å²) in [5.41, 5.74) is 3.73. The number of aromatic nitrogens is 1. The Morgan fingerprint density at radius 2 is 1.18 bits per heavy atom. The van der Waals surface area contributed by atoms with E-state index in [0.717, 1.165) is 94.9 Å². The van der Waals surface area contributed by atoms with Gasteiger partial charge in [-0.2, -0.15) is 5.10 Å². The van der Waals surface area contributed by atoms with Crippen molar-refractivity contribution in [1.82, 2.24) is 4.98 Å². The monoisotopic (exact) mass is 833 g/mol. The first-order chi connectivity index (χ1) is 29.4. The highest BCUT2D eigenvalue weighted by Crippen LogP contribution is 2.30. The molecular weight excluding hydrogens is 779 g/mol. The SMILES string of the molecule is C=CC(=O)OCCCCCCOc1ccc(COc2ccc(OCc3ccc(OCCCCCCOC(=O)C=C)cc3)c(/C=N/N(CC)c3nc4ccccc4s3)c2)cc1. The van der Waals surface area contributed by atoms with Crippen molar-refractivity contribution in [2.75, 3.05) is 38.0 Å². The van der Waals surface area contributed by atoms with Gasteiger partial charge in [0.1, 0.15) is 36.2 Å². The van der Waals surface area contributed by atoms with E-state index in [9.17, 15) is 9.59 Å². The second kappa shape index (κ2) is 25.4. The lowest BCUT2D eigenvalue weighted by Crippen LogP contribution is -2.15. The van der Waals surface area contributed by atoms with E-state index < -0.39 is 0 Å². The molecular formula is C48H55N3O8S. The molecule has 0 fully saturated rings. The van der Waals surface area contributed by atoms with Crippen LogP contribution in [0.2, 0.25) is 0 Å². The quantitative estimate of drug-likeness (QED) is 0.0158. The van der Waals surface area contributed by atoms with Crippen molar-refractivity contribution in [2.45, 2.75) is 71.5 Å². The van der Waals surface area contributed by atoms with Gasteiger partial charge in [0.15, 0.2) is 0 Å². The summed E-state index contributed by atoms with van der Waals surface area (Å²) in [6, 6.07) is 29.7. The van der Waals surface area contributed by atoms with Gasteiger partial charge in [0.05, 0.1) is 42.9 Å². The predicted octanol–water partition coefficient (Wildman–Crippen LogP) is 10.7. The largest absolute Gasteiger partial charge is 0.494 e. The molecule has 1 aromatic heterocycles. The number of nitrogens with zero attached hydrogens (tertiary/aromatic N) is 3. The zero-order valence-electron chi connectivity index (χ0n) is 34.4. The molecule has 5 rings (SSSR count). The minimum Gasteiger partial charge on any atom is -0.494 e. The minimum atomic E-state index is -0.380. The lowest BCUT2D eigenvalue weighted by molar-refractivity contribution is -0.138. The third kappa shape index (κ3) is 15.6. The highest BCUT2D eigenvalue weighted by atomic mass is 32.1. The molecule has 0 spiro atoms. The van der Waals surface area contributed by atoms with E-state index in [0.29, 0.717) is 57.7 Å². The van der Waals surface area contributed by atoms with Crippen LogP contribution in [0.15, 0.2) is 121 Å². The van der Waals surface area contributed by atoms with Gasteiger partial charge in [0, 0.05) is 24.3 Å². The standard InChI is InChI=1S/C48H55N3O8S/c1-4-46(52)56-31-15-9-7-13-29-54-40-23-19-37(20-24-40)35-58-42-27-28-44(39(33-42)34-49-51(6-3)48-50-43-17-11-12-18-45(43)60-48)59-36-38-21-25-41(26-22-38)55-30-14-8-10-16-32-57-47(53)5-2/h4-5,11-12,17-28,33-34H,1-2,6-10,13-16,29-32,35-36H2,3H3/b49-34+. The zero-order valence-corrected chi connectivity index (χ0v) is 35.2. The first kappa shape index (κ1) is 45.0. The van der Waals surface area contributed by atoms with Gasteiger partial charge in [-0.05, 0) is 124 Å². The number of ether oxygens (including phenoxy) is 6. The molecule has 12 heteroatoms. The third-order valence-corrected chi connectivity index (χ3v) is 10.3. The molecule has 0 aliphatic rings. The van der Waals surface area contributed by atoms with Gasteiger partial charge in [0.25, 0.3) is 0 Å². The Bertz CT molecular complexity index is 2080. The number of carbonyl (C=O) groups excluding carboxylic acids is 2. The molecule has 0 bridgehead atoms. The summed E-state index contributed by atoms with van der Waals surface area (Å²) in [6.07, 6.45) is 11.6. The average Bonchev–Trinajstić information content (AvgIpc) is 3.72. The lowest BCUT2D eigenvalue weighted by atomic mass is 10.2. The summed E-state index contributed by atoms with van der Waals surface area (Å²) < 4.78 is 35.6. The Morgan fingerprint density at radius 3 is 1.73 bits per heavy atom. The molecule has 5 aromatic rings. The maximum absolute atomic E-state index is 11.1. The van der Waals surface area contributed by atoms with E-state index in [1.54, 1.807) is 17.6 Å². The van der Waals surface area contributed by atoms with Crippen LogP contribution in [-0.2, 0) is 32.3 Å². The van der Waals surface area contributed by atoms with E-state index in [1.165, 1.54) is 12.2 Å². The molecule has 0 radical (unpaired) electrons. The maximum Gasteiger partial charge on any atom is 0.330 e. The van der Waals surface area contributed by atoms with Crippen LogP contribution >= 0.6 is 11.3 Å². The van der Waals surface area contributed by atoms with E-state index in [2.05, 4.69) is 19.2 Å². The number of fused-ring (bicyclic) bond motifs is 1. The van der Waals surface area contributed by atoms with E-state index >= 15 is 0 Å². The maximum atomic E-state index is 11.1. The third-order valence-electron chi connectivity index (χ3n) is 9.20. The van der Waals surface area contributed by atoms with Crippen molar-refractivity contribution in [3.63, 3.8) is 0 Å². The Labute approximate surface area is 357 Å². The summed E-state index contributed by atoms with van der Waals surface area (Å²) in [5, 5.41) is 7.54. The number of para-hydroxylation sites is 1. The van der Waals surface area contributed by atoms with E-state index in [-0.39, 0.29) is 11.9 Å². The molecule has 11 nitrogen and oxygen atoms in total. The van der Waals surface area contributed by atoms with Gasteiger partial charge >= 0.3 is 11.9 Å². The van der Waals surface area contributed by atoms with Crippen molar-refractivity contribution in [1.29, 1.82) is 0 Å². The molecule has 0 aliphatic heterocycles. The molecule has 0 amide bonds. The number of unbranched alkanes of at least 4 members (excludes halogenated alkanes) is 6. The number of carbonyl (C=O) groups is 2. The fraction of sp³-hybridized carbons (Fsp3) is 0.333. The van der Waals surface area contributed by atoms with Gasteiger partial charge in [-0.3, -0.25) is 0 Å². The summed E-state index contributed by atoms with van der Waals surface area (Å²) >= 11 is 1.60. The number of hydrazone groups is 1. The van der Waals surface area contributed by atoms with Crippen molar-refractivity contribution < 1.29 is 38.0 Å². The number of anilines is 1. The Morgan fingerprint density at radius 1 is 0.650 bits per heavy atom. The molecule has 0 unspecified atom stereocenters. The number of benzene rings is 4. The normalized spacial score (nSPS) is 10.9. The number of esters is 2. The van der Waals surface area contributed by atoms with Crippen LogP contribution in [0.4, 0.5) is 5.13 Å². The lowest BCUT2D eigenvalue weighted by Gasteiger charge is -2.15. The molecule has 60 heavy (non-hydrogen) atoms. The van der Waals surface area contributed by atoms with Crippen LogP contribution in [0, 0.1) is 0 Å². The minimum absolute atomic E-state index is 0.356. The van der Waals surface area contributed by atoms with Crippen molar-refractivity contribution in [2.24, 2.45) is 5.10 Å². The van der Waals surface area contributed by atoms with E-state index in [4.69, 9.17) is 38.5 Å². The molecule has 1 heterocycles. The van der Waals surface area contributed by atoms with Gasteiger partial charge in [-0.1, -0.05) is 60.9 Å². The van der Waals surface area contributed by atoms with E-state index in [1.807, 2.05) is 96.9 Å². The first-order valence-electron chi connectivity index (χ1n) is 20.5. The molecule has 316 valence electrons.